The van der Waals surface area contributed by atoms with Crippen LogP contribution in [0, 0.1) is 11.3 Å². The van der Waals surface area contributed by atoms with Crippen LogP contribution in [0.4, 0.5) is 0 Å². The number of benzene rings is 5. The van der Waals surface area contributed by atoms with E-state index in [1.54, 1.807) is 11.3 Å². The summed E-state index contributed by atoms with van der Waals surface area (Å²) < 4.78 is 4.78. The second-order valence-corrected chi connectivity index (χ2v) is 9.61. The monoisotopic (exact) mass is 450 g/mol. The largest absolute Gasteiger partial charge is 0.309 e. The maximum atomic E-state index is 9.29. The van der Waals surface area contributed by atoms with E-state index in [0.717, 1.165) is 4.70 Å². The molecule has 0 amide bonds. The molecule has 0 fully saturated rings. The third-order valence-electron chi connectivity index (χ3n) is 6.64. The van der Waals surface area contributed by atoms with Gasteiger partial charge >= 0.3 is 0 Å². The fraction of sp³-hybridized carbons (Fsp3) is 0. The summed E-state index contributed by atoms with van der Waals surface area (Å²) >= 11 is 1.74. The molecule has 158 valence electrons. The summed E-state index contributed by atoms with van der Waals surface area (Å²) in [6, 6.07) is 40.9. The number of aromatic nitrogens is 1. The molecule has 2 heterocycles. The first-order valence-corrected chi connectivity index (χ1v) is 12.1. The van der Waals surface area contributed by atoms with Gasteiger partial charge in [0.25, 0.3) is 0 Å². The molecule has 0 aliphatic carbocycles. The summed E-state index contributed by atoms with van der Waals surface area (Å²) in [5, 5.41) is 14.3. The van der Waals surface area contributed by atoms with E-state index in [1.165, 1.54) is 54.1 Å². The first-order chi connectivity index (χ1) is 16.8. The van der Waals surface area contributed by atoms with Gasteiger partial charge in [0.05, 0.1) is 28.4 Å². The molecule has 0 spiro atoms. The molecule has 7 aromatic rings. The van der Waals surface area contributed by atoms with Crippen molar-refractivity contribution >= 4 is 53.3 Å². The first-order valence-electron chi connectivity index (χ1n) is 11.3. The molecule has 7 rings (SSSR count). The number of hydrogen-bond acceptors (Lipinski definition) is 2. The zero-order chi connectivity index (χ0) is 22.6. The van der Waals surface area contributed by atoms with Gasteiger partial charge < -0.3 is 4.57 Å². The molecule has 2 aromatic heterocycles. The van der Waals surface area contributed by atoms with Crippen LogP contribution < -0.4 is 0 Å². The second-order valence-electron chi connectivity index (χ2n) is 8.52. The zero-order valence-electron chi connectivity index (χ0n) is 18.2. The van der Waals surface area contributed by atoms with Crippen LogP contribution in [-0.4, -0.2) is 4.57 Å². The van der Waals surface area contributed by atoms with Crippen molar-refractivity contribution in [1.29, 1.82) is 5.26 Å². The van der Waals surface area contributed by atoms with E-state index < -0.39 is 0 Å². The molecule has 2 nitrogen and oxygen atoms in total. The Kier molecular flexibility index (Phi) is 4.11. The van der Waals surface area contributed by atoms with Crippen molar-refractivity contribution in [3.63, 3.8) is 0 Å². The summed E-state index contributed by atoms with van der Waals surface area (Å²) in [4.78, 5) is 0. The van der Waals surface area contributed by atoms with Crippen LogP contribution in [0.25, 0.3) is 58.8 Å². The minimum Gasteiger partial charge on any atom is -0.309 e. The topological polar surface area (TPSA) is 28.7 Å². The van der Waals surface area contributed by atoms with E-state index in [1.807, 2.05) is 12.1 Å². The Hall–Kier alpha value is -4.39. The lowest BCUT2D eigenvalue weighted by Gasteiger charge is -2.14. The molecule has 3 heteroatoms. The molecule has 0 saturated carbocycles. The molecule has 0 atom stereocenters. The summed E-state index contributed by atoms with van der Waals surface area (Å²) in [6.07, 6.45) is 0. The predicted molar refractivity (Wildman–Crippen MR) is 144 cm³/mol. The number of nitriles is 1. The van der Waals surface area contributed by atoms with E-state index in [4.69, 9.17) is 0 Å². The van der Waals surface area contributed by atoms with E-state index in [2.05, 4.69) is 108 Å². The van der Waals surface area contributed by atoms with Gasteiger partial charge in [0.15, 0.2) is 0 Å². The van der Waals surface area contributed by atoms with Crippen LogP contribution in [0.15, 0.2) is 109 Å². The van der Waals surface area contributed by atoms with Crippen molar-refractivity contribution in [3.8, 4) is 22.9 Å². The van der Waals surface area contributed by atoms with Gasteiger partial charge in [-0.3, -0.25) is 0 Å². The number of thiophene rings is 1. The minimum atomic E-state index is 0.705. The van der Waals surface area contributed by atoms with Crippen molar-refractivity contribution in [1.82, 2.24) is 4.57 Å². The van der Waals surface area contributed by atoms with Crippen molar-refractivity contribution in [2.45, 2.75) is 0 Å². The Balaban J connectivity index is 1.51. The van der Waals surface area contributed by atoms with Gasteiger partial charge in [0.2, 0.25) is 0 Å². The van der Waals surface area contributed by atoms with Crippen LogP contribution in [0.1, 0.15) is 5.56 Å². The van der Waals surface area contributed by atoms with Gasteiger partial charge in [-0.1, -0.05) is 66.7 Å². The third-order valence-corrected chi connectivity index (χ3v) is 7.77. The van der Waals surface area contributed by atoms with E-state index in [0.29, 0.717) is 5.56 Å². The standard InChI is InChI=1S/C31H18N2S/c32-19-20-13-15-25-26-18-21(14-16-30(26)34-31(25)17-20)22-7-1-4-10-27(22)33-28-11-5-2-8-23(28)24-9-3-6-12-29(24)33/h1-18H. The van der Waals surface area contributed by atoms with Gasteiger partial charge in [-0.2, -0.15) is 5.26 Å². The zero-order valence-corrected chi connectivity index (χ0v) is 19.0. The fourth-order valence-electron chi connectivity index (χ4n) is 5.11. The second kappa shape index (κ2) is 7.31. The predicted octanol–water partition coefficient (Wildman–Crippen LogP) is 8.69. The van der Waals surface area contributed by atoms with Crippen molar-refractivity contribution in [3.05, 3.63) is 115 Å². The number of nitrogens with zero attached hydrogens (tertiary/aromatic N) is 2. The molecule has 0 radical (unpaired) electrons. The van der Waals surface area contributed by atoms with Gasteiger partial charge in [0.1, 0.15) is 0 Å². The highest BCUT2D eigenvalue weighted by Crippen LogP contribution is 2.40. The smallest absolute Gasteiger partial charge is 0.0992 e. The average Bonchev–Trinajstić information content (AvgIpc) is 3.43. The molecule has 0 bridgehead atoms. The summed E-state index contributed by atoms with van der Waals surface area (Å²) in [7, 11) is 0. The number of fused-ring (bicyclic) bond motifs is 6. The molecule has 0 aliphatic rings. The maximum absolute atomic E-state index is 9.29. The molecular formula is C31H18N2S. The SMILES string of the molecule is N#Cc1ccc2c(c1)sc1ccc(-c3ccccc3-n3c4ccccc4c4ccccc43)cc12. The van der Waals surface area contributed by atoms with Crippen LogP contribution in [0.5, 0.6) is 0 Å². The number of para-hydroxylation sites is 3. The quantitative estimate of drug-likeness (QED) is 0.259. The highest BCUT2D eigenvalue weighted by atomic mass is 32.1. The Bertz CT molecular complexity index is 1880. The molecule has 0 aliphatic heterocycles. The van der Waals surface area contributed by atoms with E-state index in [9.17, 15) is 5.26 Å². The van der Waals surface area contributed by atoms with Crippen LogP contribution in [0.2, 0.25) is 0 Å². The Morgan fingerprint density at radius 1 is 0.588 bits per heavy atom. The Morgan fingerprint density at radius 2 is 1.29 bits per heavy atom. The Labute approximate surface area is 200 Å². The molecule has 5 aromatic carbocycles. The average molecular weight is 451 g/mol. The first kappa shape index (κ1) is 19.1. The lowest BCUT2D eigenvalue weighted by Crippen LogP contribution is -1.96. The van der Waals surface area contributed by atoms with Crippen molar-refractivity contribution < 1.29 is 0 Å². The molecule has 0 saturated heterocycles. The van der Waals surface area contributed by atoms with E-state index in [-0.39, 0.29) is 0 Å². The summed E-state index contributed by atoms with van der Waals surface area (Å²) in [6.45, 7) is 0. The molecule has 34 heavy (non-hydrogen) atoms. The number of hydrogen-bond donors (Lipinski definition) is 0. The van der Waals surface area contributed by atoms with Gasteiger partial charge in [-0.05, 0) is 48.0 Å². The van der Waals surface area contributed by atoms with Crippen molar-refractivity contribution in [2.75, 3.05) is 0 Å². The van der Waals surface area contributed by atoms with Gasteiger partial charge in [-0.25, -0.2) is 0 Å². The normalized spacial score (nSPS) is 11.5. The maximum Gasteiger partial charge on any atom is 0.0992 e. The van der Waals surface area contributed by atoms with Gasteiger partial charge in [0, 0.05) is 36.5 Å². The third kappa shape index (κ3) is 2.73. The molecule has 0 unspecified atom stereocenters. The number of rotatable bonds is 2. The molecule has 0 N–H and O–H groups in total. The fourth-order valence-corrected chi connectivity index (χ4v) is 6.23. The Morgan fingerprint density at radius 3 is 2.06 bits per heavy atom. The van der Waals surface area contributed by atoms with Crippen molar-refractivity contribution in [2.24, 2.45) is 0 Å². The van der Waals surface area contributed by atoms with Gasteiger partial charge in [-0.15, -0.1) is 11.3 Å². The lowest BCUT2D eigenvalue weighted by molar-refractivity contribution is 1.18. The highest BCUT2D eigenvalue weighted by Gasteiger charge is 2.15. The lowest BCUT2D eigenvalue weighted by atomic mass is 10.0. The highest BCUT2D eigenvalue weighted by molar-refractivity contribution is 7.25. The van der Waals surface area contributed by atoms with Crippen LogP contribution >= 0.6 is 11.3 Å². The minimum absolute atomic E-state index is 0.705. The summed E-state index contributed by atoms with van der Waals surface area (Å²) in [5.41, 5.74) is 6.68. The van der Waals surface area contributed by atoms with E-state index >= 15 is 0 Å². The van der Waals surface area contributed by atoms with Crippen LogP contribution in [-0.2, 0) is 0 Å². The summed E-state index contributed by atoms with van der Waals surface area (Å²) in [5.74, 6) is 0. The molecular weight excluding hydrogens is 432 g/mol. The van der Waals surface area contributed by atoms with Crippen LogP contribution in [0.3, 0.4) is 0 Å².